The number of aromatic nitrogens is 3. The monoisotopic (exact) mass is 575 g/mol. The van der Waals surface area contributed by atoms with E-state index in [0.29, 0.717) is 33.2 Å². The van der Waals surface area contributed by atoms with Crippen LogP contribution in [0.5, 0.6) is 5.88 Å². The predicted octanol–water partition coefficient (Wildman–Crippen LogP) is 4.17. The second-order valence-corrected chi connectivity index (χ2v) is 11.9. The Kier molecular flexibility index (Phi) is 8.02. The normalized spacial score (nSPS) is 11.5. The number of nitrogens with one attached hydrogen (secondary N) is 2. The van der Waals surface area contributed by atoms with Gasteiger partial charge in [-0.15, -0.1) is 6.42 Å². The van der Waals surface area contributed by atoms with Crippen LogP contribution in [-0.2, 0) is 21.3 Å². The zero-order chi connectivity index (χ0) is 29.9. The van der Waals surface area contributed by atoms with Crippen molar-refractivity contribution in [3.8, 4) is 29.4 Å². The van der Waals surface area contributed by atoms with E-state index in [2.05, 4.69) is 25.9 Å². The van der Waals surface area contributed by atoms with Crippen LogP contribution in [0, 0.1) is 12.3 Å². The van der Waals surface area contributed by atoms with E-state index in [-0.39, 0.29) is 23.9 Å². The predicted molar refractivity (Wildman–Crippen MR) is 155 cm³/mol. The number of rotatable bonds is 7. The molecule has 3 aromatic heterocycles. The van der Waals surface area contributed by atoms with Crippen LogP contribution in [-0.4, -0.2) is 53.9 Å². The third-order valence-electron chi connectivity index (χ3n) is 5.75. The number of sulfonamides is 1. The lowest BCUT2D eigenvalue weighted by molar-refractivity contribution is 0.0635. The number of carbonyl (C=O) groups is 2. The van der Waals surface area contributed by atoms with Crippen LogP contribution in [0.25, 0.3) is 22.0 Å². The number of benzene rings is 1. The molecule has 4 rings (SSSR count). The van der Waals surface area contributed by atoms with E-state index in [4.69, 9.17) is 15.9 Å². The molecule has 2 N–H and O–H groups in total. The molecule has 0 aliphatic carbocycles. The van der Waals surface area contributed by atoms with Gasteiger partial charge >= 0.3 is 6.09 Å². The number of amides is 2. The van der Waals surface area contributed by atoms with Crippen molar-refractivity contribution in [2.24, 2.45) is 0 Å². The molecule has 2 amide bonds. The summed E-state index contributed by atoms with van der Waals surface area (Å²) in [5, 5.41) is 3.19. The number of nitrogens with zero attached hydrogens (tertiary/aromatic N) is 3. The smallest absolute Gasteiger partial charge is 0.413 e. The second kappa shape index (κ2) is 11.3. The van der Waals surface area contributed by atoms with Gasteiger partial charge in [0.1, 0.15) is 17.1 Å². The number of hydrogen-bond donors (Lipinski definition) is 2. The van der Waals surface area contributed by atoms with Crippen LogP contribution in [0.15, 0.2) is 54.9 Å². The lowest BCUT2D eigenvalue weighted by Gasteiger charge is -2.19. The Hall–Kier alpha value is -4.89. The van der Waals surface area contributed by atoms with E-state index in [1.165, 1.54) is 13.3 Å². The quantitative estimate of drug-likeness (QED) is 0.313. The first-order chi connectivity index (χ1) is 19.3. The maximum Gasteiger partial charge on any atom is 0.413 e. The Morgan fingerprint density at radius 3 is 2.51 bits per heavy atom. The summed E-state index contributed by atoms with van der Waals surface area (Å²) >= 11 is 0. The average Bonchev–Trinajstić information content (AvgIpc) is 3.19. The Morgan fingerprint density at radius 1 is 1.10 bits per heavy atom. The molecule has 0 atom stereocenters. The van der Waals surface area contributed by atoms with Gasteiger partial charge in [0.25, 0.3) is 5.91 Å². The van der Waals surface area contributed by atoms with Crippen molar-refractivity contribution in [1.29, 1.82) is 0 Å². The molecule has 0 fully saturated rings. The first-order valence-corrected chi connectivity index (χ1v) is 14.3. The van der Waals surface area contributed by atoms with E-state index in [1.54, 1.807) is 74.0 Å². The molecule has 0 spiro atoms. The Morgan fingerprint density at radius 2 is 1.85 bits per heavy atom. The van der Waals surface area contributed by atoms with Crippen LogP contribution in [0.2, 0.25) is 0 Å². The van der Waals surface area contributed by atoms with Gasteiger partial charge in [0.2, 0.25) is 15.9 Å². The lowest BCUT2D eigenvalue weighted by Crippen LogP contribution is -2.31. The van der Waals surface area contributed by atoms with Crippen molar-refractivity contribution in [1.82, 2.24) is 19.3 Å². The fourth-order valence-electron chi connectivity index (χ4n) is 4.31. The van der Waals surface area contributed by atoms with Crippen molar-refractivity contribution in [2.45, 2.75) is 32.9 Å². The summed E-state index contributed by atoms with van der Waals surface area (Å²) in [7, 11) is -2.48. The minimum Gasteiger partial charge on any atom is -0.481 e. The van der Waals surface area contributed by atoms with E-state index >= 15 is 0 Å². The van der Waals surface area contributed by atoms with Gasteiger partial charge in [-0.05, 0) is 68.8 Å². The third kappa shape index (κ3) is 6.82. The Balaban J connectivity index is 1.93. The summed E-state index contributed by atoms with van der Waals surface area (Å²) in [5.41, 5.74) is 2.02. The van der Waals surface area contributed by atoms with Crippen LogP contribution in [0.4, 0.5) is 10.6 Å². The first kappa shape index (κ1) is 29.1. The Bertz CT molecular complexity index is 1800. The van der Waals surface area contributed by atoms with Crippen molar-refractivity contribution in [3.63, 3.8) is 0 Å². The van der Waals surface area contributed by atoms with Gasteiger partial charge in [-0.2, -0.15) is 0 Å². The summed E-state index contributed by atoms with van der Waals surface area (Å²) in [6.45, 7) is 5.35. The molecular weight excluding hydrogens is 546 g/mol. The van der Waals surface area contributed by atoms with Gasteiger partial charge in [0.05, 0.1) is 13.4 Å². The molecule has 0 bridgehead atoms. The lowest BCUT2D eigenvalue weighted by atomic mass is 10.0. The van der Waals surface area contributed by atoms with Crippen LogP contribution < -0.4 is 14.8 Å². The van der Waals surface area contributed by atoms with Gasteiger partial charge in [-0.3, -0.25) is 10.1 Å². The highest BCUT2D eigenvalue weighted by Crippen LogP contribution is 2.39. The Labute approximate surface area is 238 Å². The zero-order valence-electron chi connectivity index (χ0n) is 23.2. The molecule has 3 heterocycles. The molecule has 1 aromatic carbocycles. The van der Waals surface area contributed by atoms with Gasteiger partial charge in [-0.1, -0.05) is 5.92 Å². The molecule has 0 aliphatic rings. The number of ether oxygens (including phenoxy) is 2. The summed E-state index contributed by atoms with van der Waals surface area (Å²) in [4.78, 5) is 34.4. The maximum absolute atomic E-state index is 13.6. The molecule has 12 heteroatoms. The number of pyridine rings is 2. The highest BCUT2D eigenvalue weighted by Gasteiger charge is 2.28. The van der Waals surface area contributed by atoms with E-state index in [9.17, 15) is 18.0 Å². The van der Waals surface area contributed by atoms with Gasteiger partial charge in [0.15, 0.2) is 0 Å². The first-order valence-electron chi connectivity index (χ1n) is 12.4. The third-order valence-corrected chi connectivity index (χ3v) is 6.31. The highest BCUT2D eigenvalue weighted by atomic mass is 32.2. The number of anilines is 1. The van der Waals surface area contributed by atoms with E-state index < -0.39 is 27.6 Å². The van der Waals surface area contributed by atoms with Crippen molar-refractivity contribution >= 4 is 38.7 Å². The van der Waals surface area contributed by atoms with E-state index in [0.717, 1.165) is 6.26 Å². The van der Waals surface area contributed by atoms with Gasteiger partial charge in [0, 0.05) is 46.5 Å². The molecule has 0 unspecified atom stereocenters. The SMILES string of the molecule is C#Cc1ccc2c(c1)c(-c1cccnc1OC)c(C(=O)NS(C)(=O)=O)n2Cc1ccnc(NC(=O)OC(C)(C)C)c1. The largest absolute Gasteiger partial charge is 0.481 e. The molecule has 0 radical (unpaired) electrons. The molecule has 212 valence electrons. The minimum absolute atomic E-state index is 0.0457. The number of terminal acetylenes is 1. The van der Waals surface area contributed by atoms with Crippen LogP contribution in [0.3, 0.4) is 0 Å². The summed E-state index contributed by atoms with van der Waals surface area (Å²) < 4.78 is 38.9. The molecular formula is C29H29N5O6S. The summed E-state index contributed by atoms with van der Waals surface area (Å²) in [5.74, 6) is 2.22. The van der Waals surface area contributed by atoms with Crippen molar-refractivity contribution in [2.75, 3.05) is 18.7 Å². The molecule has 11 nitrogen and oxygen atoms in total. The van der Waals surface area contributed by atoms with Crippen molar-refractivity contribution < 1.29 is 27.5 Å². The summed E-state index contributed by atoms with van der Waals surface area (Å²) in [6.07, 6.45) is 8.96. The molecule has 0 aliphatic heterocycles. The number of methoxy groups -OCH3 is 1. The van der Waals surface area contributed by atoms with E-state index in [1.807, 2.05) is 0 Å². The second-order valence-electron chi connectivity index (χ2n) is 10.1. The number of carbonyl (C=O) groups excluding carboxylic acids is 2. The summed E-state index contributed by atoms with van der Waals surface area (Å²) in [6, 6.07) is 12.0. The average molecular weight is 576 g/mol. The topological polar surface area (TPSA) is 142 Å². The number of fused-ring (bicyclic) bond motifs is 1. The number of hydrogen-bond acceptors (Lipinski definition) is 8. The van der Waals surface area contributed by atoms with Crippen molar-refractivity contribution in [3.05, 3.63) is 71.7 Å². The molecule has 0 saturated carbocycles. The maximum atomic E-state index is 13.6. The zero-order valence-corrected chi connectivity index (χ0v) is 24.0. The highest BCUT2D eigenvalue weighted by molar-refractivity contribution is 7.89. The molecule has 4 aromatic rings. The van der Waals surface area contributed by atoms with Crippen LogP contribution >= 0.6 is 0 Å². The minimum atomic E-state index is -3.92. The molecule has 41 heavy (non-hydrogen) atoms. The van der Waals surface area contributed by atoms with Gasteiger partial charge < -0.3 is 14.0 Å². The van der Waals surface area contributed by atoms with Crippen LogP contribution in [0.1, 0.15) is 42.4 Å². The van der Waals surface area contributed by atoms with Gasteiger partial charge in [-0.25, -0.2) is 27.9 Å². The molecule has 0 saturated heterocycles. The fraction of sp³-hybridized carbons (Fsp3) is 0.241. The fourth-order valence-corrected chi connectivity index (χ4v) is 4.74. The standard InChI is InChI=1S/C29H29N5O6S/c1-7-18-10-11-22-21(15-18)24(20-9-8-13-31-27(20)39-5)25(26(35)33-41(6,37)38)34(22)17-19-12-14-30-23(16-19)32-28(36)40-29(2,3)4/h1,8-16H,17H2,2-6H3,(H,33,35)(H,30,32,36).